The van der Waals surface area contributed by atoms with Crippen molar-refractivity contribution in [2.75, 3.05) is 45.9 Å². The van der Waals surface area contributed by atoms with E-state index < -0.39 is 48.9 Å². The number of hydrogen-bond donors (Lipinski definition) is 6. The van der Waals surface area contributed by atoms with Crippen LogP contribution in [0.15, 0.2) is 0 Å². The van der Waals surface area contributed by atoms with Gasteiger partial charge in [-0.2, -0.15) is 0 Å². The molecule has 0 saturated heterocycles. The molecule has 0 aromatic heterocycles. The molecule has 14 heteroatoms. The van der Waals surface area contributed by atoms with E-state index >= 15 is 0 Å². The maximum absolute atomic E-state index is 12.0. The molecule has 0 saturated carbocycles. The first-order chi connectivity index (χ1) is 17.6. The van der Waals surface area contributed by atoms with E-state index in [1.54, 1.807) is 0 Å². The minimum Gasteiger partial charge on any atom is -0.480 e. The Hall–Kier alpha value is -3.26. The van der Waals surface area contributed by atoms with Gasteiger partial charge in [0.05, 0.1) is 37.4 Å². The second-order valence-corrected chi connectivity index (χ2v) is 10.1. The number of rotatable bonds is 19. The maximum atomic E-state index is 12.0. The van der Waals surface area contributed by atoms with Gasteiger partial charge in [0.2, 0.25) is 29.5 Å². The standard InChI is InChI=1S/C24H43N5O9/c1-23(2,3)38-16-24(4,5)37-15-21(34)25-10-8-6-7-9-17(30)26-11-18(31)27-12-19(32)28-13-20(33)29-14-22(35)36/h6-16H2,1-5H3,(H,25,34)(H,26,30)(H,27,31)(H,28,32)(H,29,33)(H,35,36). The van der Waals surface area contributed by atoms with E-state index in [2.05, 4.69) is 26.6 Å². The van der Waals surface area contributed by atoms with E-state index in [1.807, 2.05) is 34.6 Å². The first-order valence-corrected chi connectivity index (χ1v) is 12.4. The molecule has 0 heterocycles. The molecule has 0 aromatic rings. The lowest BCUT2D eigenvalue weighted by molar-refractivity contribution is -0.142. The number of carbonyl (C=O) groups is 6. The Morgan fingerprint density at radius 2 is 1.11 bits per heavy atom. The third-order valence-electron chi connectivity index (χ3n) is 4.62. The SMILES string of the molecule is CC(C)(C)OCC(C)(C)OCC(=O)NCCCCCC(=O)NCC(=O)NCC(=O)NCC(=O)NCC(=O)O. The van der Waals surface area contributed by atoms with Crippen LogP contribution in [0.2, 0.25) is 0 Å². The van der Waals surface area contributed by atoms with Crippen molar-refractivity contribution < 1.29 is 43.3 Å². The summed E-state index contributed by atoms with van der Waals surface area (Å²) in [4.78, 5) is 68.8. The Morgan fingerprint density at radius 1 is 0.605 bits per heavy atom. The average molecular weight is 546 g/mol. The summed E-state index contributed by atoms with van der Waals surface area (Å²) in [5.41, 5.74) is -0.886. The highest BCUT2D eigenvalue weighted by atomic mass is 16.6. The molecule has 0 aliphatic rings. The highest BCUT2D eigenvalue weighted by Crippen LogP contribution is 2.15. The first-order valence-electron chi connectivity index (χ1n) is 12.4. The lowest BCUT2D eigenvalue weighted by atomic mass is 10.1. The van der Waals surface area contributed by atoms with Gasteiger partial charge in [0.25, 0.3) is 0 Å². The van der Waals surface area contributed by atoms with Crippen molar-refractivity contribution in [1.82, 2.24) is 26.6 Å². The number of hydrogen-bond acceptors (Lipinski definition) is 8. The molecule has 6 N–H and O–H groups in total. The smallest absolute Gasteiger partial charge is 0.322 e. The highest BCUT2D eigenvalue weighted by molar-refractivity contribution is 5.90. The Labute approximate surface area is 223 Å². The fourth-order valence-corrected chi connectivity index (χ4v) is 2.55. The van der Waals surface area contributed by atoms with Crippen LogP contribution in [0.5, 0.6) is 0 Å². The molecule has 0 radical (unpaired) electrons. The van der Waals surface area contributed by atoms with Crippen molar-refractivity contribution in [1.29, 1.82) is 0 Å². The molecule has 0 unspecified atom stereocenters. The molecule has 0 fully saturated rings. The summed E-state index contributed by atoms with van der Waals surface area (Å²) in [5.74, 6) is -3.68. The second-order valence-electron chi connectivity index (χ2n) is 10.1. The number of nitrogens with one attached hydrogen (secondary N) is 5. The molecule has 0 aliphatic carbocycles. The van der Waals surface area contributed by atoms with Crippen LogP contribution in [-0.2, 0) is 38.2 Å². The molecular formula is C24H43N5O9. The van der Waals surface area contributed by atoms with Gasteiger partial charge in [0.1, 0.15) is 13.2 Å². The Kier molecular flexibility index (Phi) is 16.5. The van der Waals surface area contributed by atoms with Crippen LogP contribution in [0.1, 0.15) is 60.3 Å². The van der Waals surface area contributed by atoms with Gasteiger partial charge < -0.3 is 41.2 Å². The van der Waals surface area contributed by atoms with Gasteiger partial charge in [0, 0.05) is 13.0 Å². The van der Waals surface area contributed by atoms with Crippen LogP contribution >= 0.6 is 0 Å². The Morgan fingerprint density at radius 3 is 1.61 bits per heavy atom. The molecule has 0 aliphatic heterocycles. The monoisotopic (exact) mass is 545 g/mol. The summed E-state index contributed by atoms with van der Waals surface area (Å²) in [6.45, 7) is 8.59. The molecule has 0 aromatic carbocycles. The summed E-state index contributed by atoms with van der Waals surface area (Å²) in [6, 6.07) is 0. The zero-order chi connectivity index (χ0) is 29.2. The van der Waals surface area contributed by atoms with Crippen molar-refractivity contribution in [2.24, 2.45) is 0 Å². The van der Waals surface area contributed by atoms with Crippen molar-refractivity contribution in [3.63, 3.8) is 0 Å². The molecular weight excluding hydrogens is 502 g/mol. The Balaban J connectivity index is 3.81. The van der Waals surface area contributed by atoms with Crippen molar-refractivity contribution in [3.8, 4) is 0 Å². The third-order valence-corrected chi connectivity index (χ3v) is 4.62. The quantitative estimate of drug-likeness (QED) is 0.108. The van der Waals surface area contributed by atoms with Crippen LogP contribution in [0.4, 0.5) is 0 Å². The van der Waals surface area contributed by atoms with E-state index in [-0.39, 0.29) is 37.0 Å². The van der Waals surface area contributed by atoms with E-state index in [4.69, 9.17) is 14.6 Å². The Bertz CT molecular complexity index is 810. The fraction of sp³-hybridized carbons (Fsp3) is 0.750. The molecule has 0 atom stereocenters. The normalized spacial score (nSPS) is 11.3. The summed E-state index contributed by atoms with van der Waals surface area (Å²) in [5, 5.41) is 20.2. The van der Waals surface area contributed by atoms with Gasteiger partial charge in [-0.3, -0.25) is 28.8 Å². The van der Waals surface area contributed by atoms with Crippen LogP contribution in [0, 0.1) is 0 Å². The molecule has 14 nitrogen and oxygen atoms in total. The number of ether oxygens (including phenoxy) is 2. The minimum atomic E-state index is -1.22. The first kappa shape index (κ1) is 34.7. The number of amides is 5. The zero-order valence-electron chi connectivity index (χ0n) is 23.0. The van der Waals surface area contributed by atoms with Gasteiger partial charge in [-0.25, -0.2) is 0 Å². The lowest BCUT2D eigenvalue weighted by Gasteiger charge is -2.29. The fourth-order valence-electron chi connectivity index (χ4n) is 2.55. The van der Waals surface area contributed by atoms with Crippen molar-refractivity contribution >= 4 is 35.5 Å². The van der Waals surface area contributed by atoms with E-state index in [1.165, 1.54) is 0 Å². The predicted molar refractivity (Wildman–Crippen MR) is 137 cm³/mol. The van der Waals surface area contributed by atoms with Gasteiger partial charge in [-0.1, -0.05) is 6.42 Å². The number of unbranched alkanes of at least 4 members (excludes halogenated alkanes) is 2. The van der Waals surface area contributed by atoms with E-state index in [9.17, 15) is 28.8 Å². The lowest BCUT2D eigenvalue weighted by Crippen LogP contribution is -2.44. The van der Waals surface area contributed by atoms with Crippen LogP contribution in [0.3, 0.4) is 0 Å². The maximum Gasteiger partial charge on any atom is 0.322 e. The number of carboxylic acids is 1. The second kappa shape index (κ2) is 18.1. The largest absolute Gasteiger partial charge is 0.480 e. The van der Waals surface area contributed by atoms with Gasteiger partial charge in [-0.15, -0.1) is 0 Å². The number of carboxylic acid groups (broad SMARTS) is 1. The molecule has 0 spiro atoms. The molecule has 218 valence electrons. The predicted octanol–water partition coefficient (Wildman–Crippen LogP) is -1.18. The topological polar surface area (TPSA) is 201 Å². The molecule has 5 amide bonds. The number of aliphatic carboxylic acids is 1. The summed E-state index contributed by atoms with van der Waals surface area (Å²) >= 11 is 0. The molecule has 38 heavy (non-hydrogen) atoms. The van der Waals surface area contributed by atoms with Crippen LogP contribution in [-0.4, -0.2) is 97.8 Å². The third kappa shape index (κ3) is 22.0. The highest BCUT2D eigenvalue weighted by Gasteiger charge is 2.23. The van der Waals surface area contributed by atoms with Crippen LogP contribution < -0.4 is 26.6 Å². The van der Waals surface area contributed by atoms with E-state index in [0.717, 1.165) is 0 Å². The zero-order valence-corrected chi connectivity index (χ0v) is 23.0. The van der Waals surface area contributed by atoms with E-state index in [0.29, 0.717) is 32.4 Å². The number of carbonyl (C=O) groups excluding carboxylic acids is 5. The van der Waals surface area contributed by atoms with Gasteiger partial charge in [0.15, 0.2) is 0 Å². The van der Waals surface area contributed by atoms with Gasteiger partial charge in [-0.05, 0) is 47.5 Å². The molecule has 0 rings (SSSR count). The van der Waals surface area contributed by atoms with Crippen molar-refractivity contribution in [2.45, 2.75) is 71.5 Å². The summed E-state index contributed by atoms with van der Waals surface area (Å²) in [7, 11) is 0. The molecule has 0 bridgehead atoms. The summed E-state index contributed by atoms with van der Waals surface area (Å²) < 4.78 is 11.3. The van der Waals surface area contributed by atoms with Crippen molar-refractivity contribution in [3.05, 3.63) is 0 Å². The van der Waals surface area contributed by atoms with Gasteiger partial charge >= 0.3 is 5.97 Å². The summed E-state index contributed by atoms with van der Waals surface area (Å²) in [6.07, 6.45) is 2.16. The average Bonchev–Trinajstić information content (AvgIpc) is 2.82. The van der Waals surface area contributed by atoms with Crippen LogP contribution in [0.25, 0.3) is 0 Å². The minimum absolute atomic E-state index is 0.0746.